The predicted octanol–water partition coefficient (Wildman–Crippen LogP) is 2.19. The molecule has 1 unspecified atom stereocenters. The van der Waals surface area contributed by atoms with Gasteiger partial charge in [0.2, 0.25) is 5.91 Å². The van der Waals surface area contributed by atoms with Crippen LogP contribution in [0.1, 0.15) is 25.8 Å². The molecule has 1 saturated heterocycles. The Balaban J connectivity index is 1.95. The molecule has 1 aliphatic heterocycles. The van der Waals surface area contributed by atoms with Crippen LogP contribution in [-0.2, 0) is 14.3 Å². The number of hydrogen-bond acceptors (Lipinski definition) is 4. The lowest BCUT2D eigenvalue weighted by Crippen LogP contribution is -2.45. The highest BCUT2D eigenvalue weighted by Crippen LogP contribution is 2.16. The number of carboxylic acid groups (broad SMARTS) is 1. The van der Waals surface area contributed by atoms with E-state index in [2.05, 4.69) is 0 Å². The highest BCUT2D eigenvalue weighted by atomic mass is 16.5. The molecule has 1 aromatic rings. The van der Waals surface area contributed by atoms with Crippen LogP contribution in [0.5, 0.6) is 5.75 Å². The molecule has 2 rings (SSSR count). The second-order valence-electron chi connectivity index (χ2n) is 5.95. The van der Waals surface area contributed by atoms with Gasteiger partial charge in [0, 0.05) is 19.2 Å². The molecule has 0 aromatic heterocycles. The molecule has 0 radical (unpaired) electrons. The van der Waals surface area contributed by atoms with Crippen molar-refractivity contribution in [2.45, 2.75) is 32.5 Å². The zero-order valence-corrected chi connectivity index (χ0v) is 14.0. The van der Waals surface area contributed by atoms with Gasteiger partial charge in [0.05, 0.1) is 25.2 Å². The molecule has 1 fully saturated rings. The maximum absolute atomic E-state index is 12.3. The third-order valence-electron chi connectivity index (χ3n) is 3.50. The lowest BCUT2D eigenvalue weighted by Gasteiger charge is -2.31. The third-order valence-corrected chi connectivity index (χ3v) is 3.50. The van der Waals surface area contributed by atoms with Crippen molar-refractivity contribution >= 4 is 18.0 Å². The zero-order valence-electron chi connectivity index (χ0n) is 14.0. The highest BCUT2D eigenvalue weighted by molar-refractivity contribution is 5.92. The van der Waals surface area contributed by atoms with Gasteiger partial charge in [0.1, 0.15) is 5.75 Å². The van der Waals surface area contributed by atoms with Crippen LogP contribution >= 0.6 is 0 Å². The first kappa shape index (κ1) is 18.0. The molecule has 1 aliphatic rings. The summed E-state index contributed by atoms with van der Waals surface area (Å²) in [7, 11) is 0. The fourth-order valence-electron chi connectivity index (χ4n) is 2.47. The minimum Gasteiger partial charge on any atom is -0.491 e. The SMILES string of the molecule is CC(C)Oc1cccc(/C=C/C(=O)N2CCOC(CC(=O)O)C2)c1. The third kappa shape index (κ3) is 5.70. The molecule has 130 valence electrons. The Labute approximate surface area is 141 Å². The summed E-state index contributed by atoms with van der Waals surface area (Å²) in [5, 5.41) is 8.82. The van der Waals surface area contributed by atoms with Gasteiger partial charge in [0.25, 0.3) is 0 Å². The summed E-state index contributed by atoms with van der Waals surface area (Å²) in [6, 6.07) is 7.51. The fourth-order valence-corrected chi connectivity index (χ4v) is 2.47. The number of nitrogens with zero attached hydrogens (tertiary/aromatic N) is 1. The van der Waals surface area contributed by atoms with Crippen LogP contribution in [-0.4, -0.2) is 53.8 Å². The molecule has 1 amide bonds. The fraction of sp³-hybridized carbons (Fsp3) is 0.444. The standard InChI is InChI=1S/C18H23NO5/c1-13(2)24-15-5-3-4-14(10-15)6-7-17(20)19-8-9-23-16(12-19)11-18(21)22/h3-7,10,13,16H,8-9,11-12H2,1-2H3,(H,21,22)/b7-6+. The summed E-state index contributed by atoms with van der Waals surface area (Å²) in [6.45, 7) is 5.03. The van der Waals surface area contributed by atoms with Crippen LogP contribution in [0, 0.1) is 0 Å². The molecule has 1 atom stereocenters. The van der Waals surface area contributed by atoms with Crippen LogP contribution < -0.4 is 4.74 Å². The molecule has 0 aliphatic carbocycles. The molecule has 0 bridgehead atoms. The van der Waals surface area contributed by atoms with Gasteiger partial charge in [-0.1, -0.05) is 12.1 Å². The van der Waals surface area contributed by atoms with Gasteiger partial charge in [-0.3, -0.25) is 9.59 Å². The van der Waals surface area contributed by atoms with E-state index in [0.717, 1.165) is 11.3 Å². The van der Waals surface area contributed by atoms with Crippen molar-refractivity contribution in [3.63, 3.8) is 0 Å². The smallest absolute Gasteiger partial charge is 0.306 e. The number of carboxylic acids is 1. The Hall–Kier alpha value is -2.34. The van der Waals surface area contributed by atoms with E-state index >= 15 is 0 Å². The van der Waals surface area contributed by atoms with E-state index in [1.54, 1.807) is 11.0 Å². The van der Waals surface area contributed by atoms with Gasteiger partial charge in [-0.25, -0.2) is 0 Å². The second kappa shape index (κ2) is 8.49. The van der Waals surface area contributed by atoms with Crippen molar-refractivity contribution < 1.29 is 24.2 Å². The van der Waals surface area contributed by atoms with Crippen molar-refractivity contribution in [3.8, 4) is 5.75 Å². The minimum absolute atomic E-state index is 0.0883. The van der Waals surface area contributed by atoms with Crippen molar-refractivity contribution in [2.24, 2.45) is 0 Å². The van der Waals surface area contributed by atoms with Gasteiger partial charge in [-0.05, 0) is 37.6 Å². The Morgan fingerprint density at radius 2 is 2.25 bits per heavy atom. The minimum atomic E-state index is -0.924. The first-order chi connectivity index (χ1) is 11.4. The average molecular weight is 333 g/mol. The molecule has 6 heteroatoms. The molecule has 24 heavy (non-hydrogen) atoms. The average Bonchev–Trinajstić information content (AvgIpc) is 2.52. The van der Waals surface area contributed by atoms with Gasteiger partial charge < -0.3 is 19.5 Å². The lowest BCUT2D eigenvalue weighted by atomic mass is 10.1. The molecule has 1 N–H and O–H groups in total. The van der Waals surface area contributed by atoms with Crippen LogP contribution in [0.2, 0.25) is 0 Å². The second-order valence-corrected chi connectivity index (χ2v) is 5.95. The topological polar surface area (TPSA) is 76.1 Å². The van der Waals surface area contributed by atoms with E-state index in [9.17, 15) is 9.59 Å². The summed E-state index contributed by atoms with van der Waals surface area (Å²) in [5.74, 6) is -0.317. The van der Waals surface area contributed by atoms with E-state index in [1.165, 1.54) is 6.08 Å². The molecule has 0 spiro atoms. The number of rotatable bonds is 6. The summed E-state index contributed by atoms with van der Waals surface area (Å²) in [5.41, 5.74) is 0.872. The van der Waals surface area contributed by atoms with E-state index in [1.807, 2.05) is 38.1 Å². The Morgan fingerprint density at radius 3 is 2.96 bits per heavy atom. The largest absolute Gasteiger partial charge is 0.491 e. The van der Waals surface area contributed by atoms with Crippen LogP contribution in [0.15, 0.2) is 30.3 Å². The number of aliphatic carboxylic acids is 1. The maximum Gasteiger partial charge on any atom is 0.306 e. The van der Waals surface area contributed by atoms with Crippen molar-refractivity contribution in [3.05, 3.63) is 35.9 Å². The van der Waals surface area contributed by atoms with Gasteiger partial charge in [-0.2, -0.15) is 0 Å². The van der Waals surface area contributed by atoms with Crippen LogP contribution in [0.4, 0.5) is 0 Å². The normalized spacial score (nSPS) is 18.1. The quantitative estimate of drug-likeness (QED) is 0.808. The number of amides is 1. The van der Waals surface area contributed by atoms with Crippen LogP contribution in [0.3, 0.4) is 0 Å². The Kier molecular flexibility index (Phi) is 6.37. The van der Waals surface area contributed by atoms with Crippen LogP contribution in [0.25, 0.3) is 6.08 Å². The van der Waals surface area contributed by atoms with E-state index in [4.69, 9.17) is 14.6 Å². The van der Waals surface area contributed by atoms with Crippen molar-refractivity contribution in [1.82, 2.24) is 4.90 Å². The maximum atomic E-state index is 12.3. The first-order valence-electron chi connectivity index (χ1n) is 8.01. The number of morpholine rings is 1. The predicted molar refractivity (Wildman–Crippen MR) is 89.8 cm³/mol. The van der Waals surface area contributed by atoms with E-state index < -0.39 is 12.1 Å². The first-order valence-corrected chi connectivity index (χ1v) is 8.01. The summed E-state index contributed by atoms with van der Waals surface area (Å²) in [6.07, 6.45) is 2.78. The summed E-state index contributed by atoms with van der Waals surface area (Å²) >= 11 is 0. The summed E-state index contributed by atoms with van der Waals surface area (Å²) < 4.78 is 11.0. The number of carbonyl (C=O) groups excluding carboxylic acids is 1. The van der Waals surface area contributed by atoms with Crippen molar-refractivity contribution in [1.29, 1.82) is 0 Å². The number of hydrogen-bond donors (Lipinski definition) is 1. The zero-order chi connectivity index (χ0) is 17.5. The monoisotopic (exact) mass is 333 g/mol. The van der Waals surface area contributed by atoms with E-state index in [0.29, 0.717) is 19.7 Å². The van der Waals surface area contributed by atoms with E-state index in [-0.39, 0.29) is 18.4 Å². The molecule has 0 saturated carbocycles. The molecular weight excluding hydrogens is 310 g/mol. The molecular formula is C18H23NO5. The lowest BCUT2D eigenvalue weighted by molar-refractivity contribution is -0.145. The number of carbonyl (C=O) groups is 2. The van der Waals surface area contributed by atoms with Crippen molar-refractivity contribution in [2.75, 3.05) is 19.7 Å². The Morgan fingerprint density at radius 1 is 1.46 bits per heavy atom. The molecule has 1 aromatic carbocycles. The number of ether oxygens (including phenoxy) is 2. The van der Waals surface area contributed by atoms with Gasteiger partial charge in [-0.15, -0.1) is 0 Å². The highest BCUT2D eigenvalue weighted by Gasteiger charge is 2.24. The molecule has 1 heterocycles. The summed E-state index contributed by atoms with van der Waals surface area (Å²) in [4.78, 5) is 24.6. The van der Waals surface area contributed by atoms with Gasteiger partial charge >= 0.3 is 5.97 Å². The van der Waals surface area contributed by atoms with Gasteiger partial charge in [0.15, 0.2) is 0 Å². The Bertz CT molecular complexity index is 611. The number of benzene rings is 1. The molecule has 6 nitrogen and oxygen atoms in total.